The molecule has 2 aromatic carbocycles. The summed E-state index contributed by atoms with van der Waals surface area (Å²) < 4.78 is 0. The van der Waals surface area contributed by atoms with E-state index in [9.17, 15) is 0 Å². The molecule has 1 saturated heterocycles. The van der Waals surface area contributed by atoms with Gasteiger partial charge in [0.2, 0.25) is 0 Å². The lowest BCUT2D eigenvalue weighted by Gasteiger charge is -2.36. The van der Waals surface area contributed by atoms with E-state index in [1.807, 2.05) is 12.4 Å². The summed E-state index contributed by atoms with van der Waals surface area (Å²) in [7, 11) is 0. The molecule has 4 rings (SSSR count). The van der Waals surface area contributed by atoms with Crippen LogP contribution in [0.5, 0.6) is 0 Å². The van der Waals surface area contributed by atoms with Crippen LogP contribution in [0.15, 0.2) is 67.0 Å². The van der Waals surface area contributed by atoms with E-state index in [0.717, 1.165) is 19.6 Å². The molecule has 0 spiro atoms. The number of hydrogen-bond acceptors (Lipinski definition) is 3. The highest BCUT2D eigenvalue weighted by molar-refractivity contribution is 5.93. The van der Waals surface area contributed by atoms with Gasteiger partial charge >= 0.3 is 0 Å². The van der Waals surface area contributed by atoms with E-state index in [4.69, 9.17) is 0 Å². The molecule has 3 aromatic rings. The van der Waals surface area contributed by atoms with Crippen molar-refractivity contribution in [3.8, 4) is 0 Å². The Morgan fingerprint density at radius 3 is 2.82 bits per heavy atom. The Balaban J connectivity index is 1.67. The van der Waals surface area contributed by atoms with Crippen molar-refractivity contribution in [2.75, 3.05) is 24.5 Å². The lowest BCUT2D eigenvalue weighted by molar-refractivity contribution is 0.472. The van der Waals surface area contributed by atoms with Gasteiger partial charge in [-0.3, -0.25) is 4.98 Å². The largest absolute Gasteiger partial charge is 0.368 e. The average Bonchev–Trinajstić information content (AvgIpc) is 2.62. The summed E-state index contributed by atoms with van der Waals surface area (Å²) >= 11 is 0. The van der Waals surface area contributed by atoms with Gasteiger partial charge in [-0.25, -0.2) is 0 Å². The van der Waals surface area contributed by atoms with E-state index in [1.165, 1.54) is 22.0 Å². The summed E-state index contributed by atoms with van der Waals surface area (Å²) in [6, 6.07) is 19.7. The molecule has 2 heterocycles. The molecule has 1 aliphatic heterocycles. The zero-order valence-corrected chi connectivity index (χ0v) is 12.4. The highest BCUT2D eigenvalue weighted by Gasteiger charge is 2.21. The normalized spacial score (nSPS) is 18.5. The van der Waals surface area contributed by atoms with E-state index >= 15 is 0 Å². The number of nitrogens with one attached hydrogen (secondary N) is 1. The van der Waals surface area contributed by atoms with Gasteiger partial charge in [0.15, 0.2) is 0 Å². The Labute approximate surface area is 130 Å². The summed E-state index contributed by atoms with van der Waals surface area (Å²) in [5.74, 6) is 0. The van der Waals surface area contributed by atoms with Crippen molar-refractivity contribution in [3.05, 3.63) is 72.6 Å². The molecule has 0 aliphatic carbocycles. The van der Waals surface area contributed by atoms with Crippen LogP contribution in [0.4, 0.5) is 5.69 Å². The second-order valence-electron chi connectivity index (χ2n) is 5.74. The first-order valence-electron chi connectivity index (χ1n) is 7.78. The van der Waals surface area contributed by atoms with Crippen LogP contribution >= 0.6 is 0 Å². The van der Waals surface area contributed by atoms with E-state index in [2.05, 4.69) is 69.8 Å². The van der Waals surface area contributed by atoms with Crippen LogP contribution < -0.4 is 10.2 Å². The van der Waals surface area contributed by atoms with Gasteiger partial charge < -0.3 is 10.2 Å². The molecule has 1 aliphatic rings. The van der Waals surface area contributed by atoms with Crippen LogP contribution in [0.2, 0.25) is 0 Å². The summed E-state index contributed by atoms with van der Waals surface area (Å²) in [6.45, 7) is 3.03. The van der Waals surface area contributed by atoms with Crippen LogP contribution in [0.1, 0.15) is 11.6 Å². The first kappa shape index (κ1) is 13.3. The number of nitrogens with zero attached hydrogens (tertiary/aromatic N) is 2. The molecule has 22 heavy (non-hydrogen) atoms. The third-order valence-corrected chi connectivity index (χ3v) is 4.38. The third-order valence-electron chi connectivity index (χ3n) is 4.38. The van der Waals surface area contributed by atoms with E-state index in [1.54, 1.807) is 0 Å². The molecular formula is C19H19N3. The standard InChI is InChI=1S/C19H19N3/c1-2-5-15(6-3-1)18-14-22(12-11-21-18)19-8-4-7-16-13-20-10-9-17(16)19/h1-10,13,18,21H,11-12,14H2/t18-/m1/s1. The van der Waals surface area contributed by atoms with Crippen molar-refractivity contribution in [1.29, 1.82) is 0 Å². The predicted molar refractivity (Wildman–Crippen MR) is 91.1 cm³/mol. The molecular weight excluding hydrogens is 270 g/mol. The summed E-state index contributed by atoms with van der Waals surface area (Å²) in [6.07, 6.45) is 3.82. The number of pyridine rings is 1. The van der Waals surface area contributed by atoms with Gasteiger partial charge in [-0.05, 0) is 17.7 Å². The van der Waals surface area contributed by atoms with Gasteiger partial charge in [-0.1, -0.05) is 42.5 Å². The minimum absolute atomic E-state index is 0.382. The zero-order chi connectivity index (χ0) is 14.8. The van der Waals surface area contributed by atoms with Crippen molar-refractivity contribution in [3.63, 3.8) is 0 Å². The second-order valence-corrected chi connectivity index (χ2v) is 5.74. The molecule has 1 atom stereocenters. The van der Waals surface area contributed by atoms with Gasteiger partial charge in [0.05, 0.1) is 0 Å². The fourth-order valence-electron chi connectivity index (χ4n) is 3.26. The maximum atomic E-state index is 4.23. The molecule has 110 valence electrons. The molecule has 3 nitrogen and oxygen atoms in total. The van der Waals surface area contributed by atoms with Crippen molar-refractivity contribution >= 4 is 16.5 Å². The van der Waals surface area contributed by atoms with Crippen molar-refractivity contribution < 1.29 is 0 Å². The van der Waals surface area contributed by atoms with Crippen LogP contribution in [0.25, 0.3) is 10.8 Å². The SMILES string of the molecule is c1ccc([C@H]2CN(c3cccc4cnccc34)CCN2)cc1. The zero-order valence-electron chi connectivity index (χ0n) is 12.4. The van der Waals surface area contributed by atoms with Gasteiger partial charge in [-0.2, -0.15) is 0 Å². The van der Waals surface area contributed by atoms with Crippen LogP contribution in [-0.4, -0.2) is 24.6 Å². The summed E-state index contributed by atoms with van der Waals surface area (Å²) in [5, 5.41) is 6.12. The van der Waals surface area contributed by atoms with E-state index < -0.39 is 0 Å². The lowest BCUT2D eigenvalue weighted by Crippen LogP contribution is -2.45. The summed E-state index contributed by atoms with van der Waals surface area (Å²) in [4.78, 5) is 6.71. The third kappa shape index (κ3) is 2.44. The highest BCUT2D eigenvalue weighted by atomic mass is 15.2. The molecule has 1 aromatic heterocycles. The Morgan fingerprint density at radius 2 is 1.91 bits per heavy atom. The van der Waals surface area contributed by atoms with Gasteiger partial charge in [0, 0.05) is 54.5 Å². The van der Waals surface area contributed by atoms with Crippen LogP contribution in [0, 0.1) is 0 Å². The first-order chi connectivity index (χ1) is 10.9. The number of fused-ring (bicyclic) bond motifs is 1. The quantitative estimate of drug-likeness (QED) is 0.784. The van der Waals surface area contributed by atoms with Crippen molar-refractivity contribution in [2.24, 2.45) is 0 Å². The maximum absolute atomic E-state index is 4.23. The molecule has 0 saturated carbocycles. The molecule has 0 amide bonds. The topological polar surface area (TPSA) is 28.2 Å². The van der Waals surface area contributed by atoms with E-state index in [0.29, 0.717) is 6.04 Å². The number of anilines is 1. The highest BCUT2D eigenvalue weighted by Crippen LogP contribution is 2.29. The molecule has 0 radical (unpaired) electrons. The fraction of sp³-hybridized carbons (Fsp3) is 0.211. The minimum atomic E-state index is 0.382. The smallest absolute Gasteiger partial charge is 0.0498 e. The maximum Gasteiger partial charge on any atom is 0.0498 e. The van der Waals surface area contributed by atoms with Gasteiger partial charge in [-0.15, -0.1) is 0 Å². The molecule has 0 bridgehead atoms. The minimum Gasteiger partial charge on any atom is -0.368 e. The predicted octanol–water partition coefficient (Wildman–Crippen LogP) is 3.39. The average molecular weight is 289 g/mol. The van der Waals surface area contributed by atoms with Crippen LogP contribution in [0.3, 0.4) is 0 Å². The first-order valence-corrected chi connectivity index (χ1v) is 7.78. The lowest BCUT2D eigenvalue weighted by atomic mass is 10.0. The number of benzene rings is 2. The fourth-order valence-corrected chi connectivity index (χ4v) is 3.26. The molecule has 1 N–H and O–H groups in total. The summed E-state index contributed by atoms with van der Waals surface area (Å²) in [5.41, 5.74) is 2.66. The van der Waals surface area contributed by atoms with E-state index in [-0.39, 0.29) is 0 Å². The number of piperazine rings is 1. The monoisotopic (exact) mass is 289 g/mol. The Kier molecular flexibility index (Phi) is 3.49. The molecule has 0 unspecified atom stereocenters. The molecule has 3 heteroatoms. The van der Waals surface area contributed by atoms with Crippen molar-refractivity contribution in [1.82, 2.24) is 10.3 Å². The van der Waals surface area contributed by atoms with Crippen LogP contribution in [-0.2, 0) is 0 Å². The molecule has 1 fully saturated rings. The van der Waals surface area contributed by atoms with Crippen molar-refractivity contribution in [2.45, 2.75) is 6.04 Å². The Bertz CT molecular complexity index is 764. The number of hydrogen-bond donors (Lipinski definition) is 1. The Morgan fingerprint density at radius 1 is 1.00 bits per heavy atom. The number of aromatic nitrogens is 1. The second kappa shape index (κ2) is 5.78. The number of rotatable bonds is 2. The van der Waals surface area contributed by atoms with Gasteiger partial charge in [0.1, 0.15) is 0 Å². The van der Waals surface area contributed by atoms with Gasteiger partial charge in [0.25, 0.3) is 0 Å². The Hall–Kier alpha value is -2.39.